The molecule has 6 nitrogen and oxygen atoms in total. The second-order valence-corrected chi connectivity index (χ2v) is 3.70. The number of carbonyl (C=O) groups excluding carboxylic acids is 1. The van der Waals surface area contributed by atoms with Gasteiger partial charge in [0.15, 0.2) is 0 Å². The van der Waals surface area contributed by atoms with Crippen LogP contribution in [-0.4, -0.2) is 17.4 Å². The SMILES string of the molecule is CCc1cc(NCC(=O)[O-])c([N+](=O)[O-])cc1Cl.[Na+]. The topological polar surface area (TPSA) is 95.3 Å². The molecule has 0 spiro atoms. The fourth-order valence-electron chi connectivity index (χ4n) is 1.34. The van der Waals surface area contributed by atoms with Crippen LogP contribution in [0.3, 0.4) is 0 Å². The summed E-state index contributed by atoms with van der Waals surface area (Å²) in [6.07, 6.45) is 0.594. The third kappa shape index (κ3) is 4.45. The largest absolute Gasteiger partial charge is 1.00 e. The Morgan fingerprint density at radius 1 is 1.50 bits per heavy atom. The van der Waals surface area contributed by atoms with Crippen LogP contribution in [0.5, 0.6) is 0 Å². The van der Waals surface area contributed by atoms with Crippen molar-refractivity contribution in [2.75, 3.05) is 11.9 Å². The minimum atomic E-state index is -1.34. The molecule has 0 heterocycles. The number of carboxylic acids is 1. The summed E-state index contributed by atoms with van der Waals surface area (Å²) in [5.41, 5.74) is 0.576. The van der Waals surface area contributed by atoms with Crippen molar-refractivity contribution in [3.8, 4) is 0 Å². The van der Waals surface area contributed by atoms with Crippen molar-refractivity contribution >= 4 is 28.9 Å². The molecule has 0 saturated carbocycles. The van der Waals surface area contributed by atoms with Crippen LogP contribution in [-0.2, 0) is 11.2 Å². The van der Waals surface area contributed by atoms with Crippen LogP contribution in [0.15, 0.2) is 12.1 Å². The molecule has 0 radical (unpaired) electrons. The van der Waals surface area contributed by atoms with E-state index in [0.29, 0.717) is 17.0 Å². The van der Waals surface area contributed by atoms with Gasteiger partial charge < -0.3 is 15.2 Å². The van der Waals surface area contributed by atoms with Gasteiger partial charge in [-0.15, -0.1) is 0 Å². The van der Waals surface area contributed by atoms with Crippen LogP contribution < -0.4 is 40.0 Å². The molecule has 0 unspecified atom stereocenters. The number of rotatable bonds is 5. The first-order valence-corrected chi connectivity index (χ1v) is 5.24. The molecule has 0 fully saturated rings. The van der Waals surface area contributed by atoms with Crippen molar-refractivity contribution in [3.63, 3.8) is 0 Å². The molecule has 0 atom stereocenters. The van der Waals surface area contributed by atoms with Crippen LogP contribution in [0.25, 0.3) is 0 Å². The van der Waals surface area contributed by atoms with E-state index < -0.39 is 17.4 Å². The van der Waals surface area contributed by atoms with E-state index in [1.807, 2.05) is 6.92 Å². The number of nitro groups is 1. The molecule has 0 aliphatic heterocycles. The number of aliphatic carboxylic acids is 1. The summed E-state index contributed by atoms with van der Waals surface area (Å²) in [4.78, 5) is 20.4. The number of halogens is 1. The Bertz CT molecular complexity index is 467. The van der Waals surface area contributed by atoms with Crippen molar-refractivity contribution < 1.29 is 44.4 Å². The molecule has 1 aromatic rings. The number of nitrogens with zero attached hydrogens (tertiary/aromatic N) is 1. The van der Waals surface area contributed by atoms with E-state index in [0.717, 1.165) is 0 Å². The van der Waals surface area contributed by atoms with Crippen molar-refractivity contribution in [3.05, 3.63) is 32.8 Å². The molecule has 0 amide bonds. The van der Waals surface area contributed by atoms with Crippen molar-refractivity contribution in [2.24, 2.45) is 0 Å². The summed E-state index contributed by atoms with van der Waals surface area (Å²) >= 11 is 5.85. The van der Waals surface area contributed by atoms with E-state index in [1.165, 1.54) is 12.1 Å². The average molecular weight is 281 g/mol. The summed E-state index contributed by atoms with van der Waals surface area (Å²) in [7, 11) is 0. The molecule has 8 heteroatoms. The van der Waals surface area contributed by atoms with E-state index in [4.69, 9.17) is 11.6 Å². The Morgan fingerprint density at radius 2 is 2.11 bits per heavy atom. The number of hydrogen-bond acceptors (Lipinski definition) is 5. The monoisotopic (exact) mass is 280 g/mol. The van der Waals surface area contributed by atoms with Gasteiger partial charge in [0.25, 0.3) is 5.69 Å². The maximum atomic E-state index is 10.8. The predicted octanol–water partition coefficient (Wildman–Crippen LogP) is -2.02. The summed E-state index contributed by atoms with van der Waals surface area (Å²) in [6, 6.07) is 2.68. The van der Waals surface area contributed by atoms with E-state index in [1.54, 1.807) is 0 Å². The van der Waals surface area contributed by atoms with Gasteiger partial charge in [-0.05, 0) is 18.1 Å². The third-order valence-electron chi connectivity index (χ3n) is 2.17. The number of benzene rings is 1. The van der Waals surface area contributed by atoms with Crippen LogP contribution in [0.2, 0.25) is 5.02 Å². The van der Waals surface area contributed by atoms with Gasteiger partial charge >= 0.3 is 29.6 Å². The maximum absolute atomic E-state index is 10.8. The molecule has 0 aromatic heterocycles. The predicted molar refractivity (Wildman–Crippen MR) is 61.0 cm³/mol. The van der Waals surface area contributed by atoms with Gasteiger partial charge in [0.1, 0.15) is 5.69 Å². The zero-order chi connectivity index (χ0) is 13.0. The standard InChI is InChI=1S/C10H11ClN2O4.Na/c1-2-6-3-8(12-5-10(14)15)9(13(16)17)4-7(6)11;/h3-4,12H,2,5H2,1H3,(H,14,15);/q;+1/p-1. The number of carboxylic acid groups (broad SMARTS) is 1. The van der Waals surface area contributed by atoms with Crippen molar-refractivity contribution in [1.29, 1.82) is 0 Å². The summed E-state index contributed by atoms with van der Waals surface area (Å²) in [5, 5.41) is 23.8. The number of carbonyl (C=O) groups is 1. The third-order valence-corrected chi connectivity index (χ3v) is 2.52. The molecule has 1 rings (SSSR count). The zero-order valence-corrected chi connectivity index (χ0v) is 12.8. The van der Waals surface area contributed by atoms with Gasteiger partial charge in [-0.2, -0.15) is 0 Å². The first-order chi connectivity index (χ1) is 7.95. The van der Waals surface area contributed by atoms with Crippen LogP contribution in [0.4, 0.5) is 11.4 Å². The van der Waals surface area contributed by atoms with Gasteiger partial charge in [-0.3, -0.25) is 10.1 Å². The Balaban J connectivity index is 0.00000289. The quantitative estimate of drug-likeness (QED) is 0.381. The Kier molecular flexibility index (Phi) is 7.23. The second-order valence-electron chi connectivity index (χ2n) is 3.30. The van der Waals surface area contributed by atoms with Gasteiger partial charge in [-0.25, -0.2) is 0 Å². The molecule has 1 aromatic carbocycles. The molecular weight excluding hydrogens is 271 g/mol. The summed E-state index contributed by atoms with van der Waals surface area (Å²) in [6.45, 7) is 1.35. The second kappa shape index (κ2) is 7.58. The van der Waals surface area contributed by atoms with E-state index >= 15 is 0 Å². The van der Waals surface area contributed by atoms with Crippen LogP contribution in [0.1, 0.15) is 12.5 Å². The van der Waals surface area contributed by atoms with Gasteiger partial charge in [0.2, 0.25) is 0 Å². The molecule has 92 valence electrons. The Labute approximate surface area is 131 Å². The van der Waals surface area contributed by atoms with E-state index in [2.05, 4.69) is 5.32 Å². The fourth-order valence-corrected chi connectivity index (χ4v) is 1.63. The normalized spacial score (nSPS) is 9.44. The fraction of sp³-hybridized carbons (Fsp3) is 0.300. The summed E-state index contributed by atoms with van der Waals surface area (Å²) < 4.78 is 0. The number of nitro benzene ring substituents is 1. The van der Waals surface area contributed by atoms with Crippen molar-refractivity contribution in [2.45, 2.75) is 13.3 Å². The zero-order valence-electron chi connectivity index (χ0n) is 10.0. The molecule has 18 heavy (non-hydrogen) atoms. The molecule has 0 aliphatic rings. The minimum absolute atomic E-state index is 0. The van der Waals surface area contributed by atoms with E-state index in [-0.39, 0.29) is 40.9 Å². The minimum Gasteiger partial charge on any atom is -0.548 e. The number of aryl methyl sites for hydroxylation is 1. The first-order valence-electron chi connectivity index (χ1n) is 4.86. The number of nitrogens with one attached hydrogen (secondary N) is 1. The van der Waals surface area contributed by atoms with Crippen LogP contribution >= 0.6 is 11.6 Å². The molecule has 1 N–H and O–H groups in total. The maximum Gasteiger partial charge on any atom is 1.00 e. The van der Waals surface area contributed by atoms with Crippen LogP contribution in [0, 0.1) is 10.1 Å². The Morgan fingerprint density at radius 3 is 2.56 bits per heavy atom. The smallest absolute Gasteiger partial charge is 0.548 e. The molecule has 0 bridgehead atoms. The van der Waals surface area contributed by atoms with Gasteiger partial charge in [0.05, 0.1) is 22.5 Å². The average Bonchev–Trinajstić information content (AvgIpc) is 2.26. The first kappa shape index (κ1) is 17.2. The summed E-state index contributed by atoms with van der Waals surface area (Å²) in [5.74, 6) is -1.34. The van der Waals surface area contributed by atoms with Crippen molar-refractivity contribution in [1.82, 2.24) is 0 Å². The van der Waals surface area contributed by atoms with Gasteiger partial charge in [-0.1, -0.05) is 18.5 Å². The number of hydrogen-bond donors (Lipinski definition) is 1. The molecule has 0 aliphatic carbocycles. The van der Waals surface area contributed by atoms with E-state index in [9.17, 15) is 20.0 Å². The number of anilines is 1. The molecule has 0 saturated heterocycles. The van der Waals surface area contributed by atoms with Gasteiger partial charge in [0, 0.05) is 6.07 Å². The Hall–Kier alpha value is -0.820. The molecular formula is C10H10ClN2NaO4.